The molecule has 0 N–H and O–H groups in total. The van der Waals surface area contributed by atoms with Gasteiger partial charge in [-0.1, -0.05) is 34.1 Å². The van der Waals surface area contributed by atoms with Crippen molar-refractivity contribution < 1.29 is 28.2 Å². The van der Waals surface area contributed by atoms with E-state index < -0.39 is 11.9 Å². The van der Waals surface area contributed by atoms with E-state index in [-0.39, 0.29) is 12.4 Å². The van der Waals surface area contributed by atoms with Crippen molar-refractivity contribution in [2.75, 3.05) is 20.8 Å². The van der Waals surface area contributed by atoms with E-state index in [0.717, 1.165) is 10.0 Å². The summed E-state index contributed by atoms with van der Waals surface area (Å²) in [5.74, 6) is 0.620. The van der Waals surface area contributed by atoms with Gasteiger partial charge >= 0.3 is 0 Å². The fraction of sp³-hybridized carbons (Fsp3) is 0.192. The van der Waals surface area contributed by atoms with E-state index in [4.69, 9.17) is 14.2 Å². The fourth-order valence-electron chi connectivity index (χ4n) is 3.83. The van der Waals surface area contributed by atoms with Crippen LogP contribution in [0, 0.1) is 5.82 Å². The third kappa shape index (κ3) is 5.35. The topological polar surface area (TPSA) is 77.4 Å². The van der Waals surface area contributed by atoms with Crippen LogP contribution < -0.4 is 14.2 Å². The molecule has 0 spiro atoms. The minimum Gasteiger partial charge on any atom is -0.493 e. The van der Waals surface area contributed by atoms with Crippen molar-refractivity contribution in [3.63, 3.8) is 0 Å². The normalized spacial score (nSPS) is 14.9. The third-order valence-corrected chi connectivity index (χ3v) is 6.08. The van der Waals surface area contributed by atoms with Gasteiger partial charge in [0.15, 0.2) is 24.4 Å². The van der Waals surface area contributed by atoms with Gasteiger partial charge in [0.25, 0.3) is 5.91 Å². The minimum absolute atomic E-state index is 0.293. The zero-order valence-corrected chi connectivity index (χ0v) is 20.6. The molecule has 9 heteroatoms. The first kappa shape index (κ1) is 24.4. The Kier molecular flexibility index (Phi) is 7.45. The summed E-state index contributed by atoms with van der Waals surface area (Å²) in [4.78, 5) is 24.6. The molecular weight excluding hydrogens is 519 g/mol. The molecule has 0 saturated heterocycles. The van der Waals surface area contributed by atoms with Crippen LogP contribution in [0.1, 0.15) is 33.9 Å². The number of aldehydes is 1. The van der Waals surface area contributed by atoms with E-state index in [9.17, 15) is 14.0 Å². The highest BCUT2D eigenvalue weighted by atomic mass is 79.9. The van der Waals surface area contributed by atoms with Crippen molar-refractivity contribution in [1.29, 1.82) is 0 Å². The zero-order chi connectivity index (χ0) is 24.9. The van der Waals surface area contributed by atoms with E-state index >= 15 is 0 Å². The Labute approximate surface area is 210 Å². The second-order valence-electron chi connectivity index (χ2n) is 7.71. The van der Waals surface area contributed by atoms with E-state index in [1.54, 1.807) is 49.6 Å². The Morgan fingerprint density at radius 2 is 1.77 bits per heavy atom. The zero-order valence-electron chi connectivity index (χ0n) is 19.0. The number of hydrogen-bond donors (Lipinski definition) is 0. The molecule has 35 heavy (non-hydrogen) atoms. The first-order valence-corrected chi connectivity index (χ1v) is 11.5. The van der Waals surface area contributed by atoms with Crippen molar-refractivity contribution in [2.24, 2.45) is 5.10 Å². The van der Waals surface area contributed by atoms with Crippen molar-refractivity contribution in [3.05, 3.63) is 87.6 Å². The van der Waals surface area contributed by atoms with Crippen molar-refractivity contribution in [3.8, 4) is 17.2 Å². The van der Waals surface area contributed by atoms with Gasteiger partial charge in [-0.2, -0.15) is 5.10 Å². The molecule has 3 aromatic rings. The van der Waals surface area contributed by atoms with Crippen molar-refractivity contribution in [1.82, 2.24) is 5.01 Å². The molecular formula is C26H22BrFN2O5. The lowest BCUT2D eigenvalue weighted by Crippen LogP contribution is -2.31. The van der Waals surface area contributed by atoms with Gasteiger partial charge in [-0.15, -0.1) is 0 Å². The molecule has 1 aliphatic rings. The molecule has 7 nitrogen and oxygen atoms in total. The Morgan fingerprint density at radius 3 is 2.46 bits per heavy atom. The van der Waals surface area contributed by atoms with Gasteiger partial charge in [0.1, 0.15) is 11.6 Å². The molecule has 0 fully saturated rings. The van der Waals surface area contributed by atoms with E-state index in [0.29, 0.717) is 46.8 Å². The molecule has 1 amide bonds. The molecule has 0 saturated carbocycles. The summed E-state index contributed by atoms with van der Waals surface area (Å²) in [6.45, 7) is -0.327. The summed E-state index contributed by atoms with van der Waals surface area (Å²) in [5.41, 5.74) is 2.45. The molecule has 0 aliphatic carbocycles. The van der Waals surface area contributed by atoms with E-state index in [1.165, 1.54) is 24.3 Å². The maximum atomic E-state index is 13.4. The Balaban J connectivity index is 1.63. The molecule has 1 heterocycles. The predicted molar refractivity (Wildman–Crippen MR) is 132 cm³/mol. The average molecular weight is 541 g/mol. The van der Waals surface area contributed by atoms with Crippen LogP contribution in [0.25, 0.3) is 0 Å². The summed E-state index contributed by atoms with van der Waals surface area (Å²) < 4.78 is 30.6. The number of nitrogens with zero attached hydrogens (tertiary/aromatic N) is 2. The summed E-state index contributed by atoms with van der Waals surface area (Å²) >= 11 is 3.31. The monoisotopic (exact) mass is 540 g/mol. The van der Waals surface area contributed by atoms with Crippen LogP contribution in [0.2, 0.25) is 0 Å². The molecule has 1 atom stereocenters. The van der Waals surface area contributed by atoms with Crippen molar-refractivity contribution in [2.45, 2.75) is 12.5 Å². The van der Waals surface area contributed by atoms with Gasteiger partial charge < -0.3 is 14.2 Å². The van der Waals surface area contributed by atoms with Gasteiger partial charge in [-0.25, -0.2) is 9.40 Å². The molecule has 0 radical (unpaired) electrons. The predicted octanol–water partition coefficient (Wildman–Crippen LogP) is 5.17. The molecule has 180 valence electrons. The van der Waals surface area contributed by atoms with Crippen LogP contribution >= 0.6 is 15.9 Å². The maximum absolute atomic E-state index is 13.4. The lowest BCUT2D eigenvalue weighted by atomic mass is 9.98. The minimum atomic E-state index is -0.443. The number of hydrogen-bond acceptors (Lipinski definition) is 6. The lowest BCUT2D eigenvalue weighted by molar-refractivity contribution is -0.135. The Hall–Kier alpha value is -3.72. The van der Waals surface area contributed by atoms with Crippen LogP contribution in [0.5, 0.6) is 17.2 Å². The second-order valence-corrected chi connectivity index (χ2v) is 8.63. The highest BCUT2D eigenvalue weighted by Gasteiger charge is 2.34. The number of rotatable bonds is 8. The smallest absolute Gasteiger partial charge is 0.281 e. The lowest BCUT2D eigenvalue weighted by Gasteiger charge is -2.23. The van der Waals surface area contributed by atoms with Gasteiger partial charge in [0, 0.05) is 10.9 Å². The summed E-state index contributed by atoms with van der Waals surface area (Å²) in [5, 5.41) is 5.92. The number of methoxy groups -OCH3 is 2. The maximum Gasteiger partial charge on any atom is 0.281 e. The van der Waals surface area contributed by atoms with E-state index in [2.05, 4.69) is 21.0 Å². The number of carbonyl (C=O) groups is 2. The second kappa shape index (κ2) is 10.7. The number of ether oxygens (including phenoxy) is 3. The van der Waals surface area contributed by atoms with Gasteiger partial charge in [-0.3, -0.25) is 9.59 Å². The van der Waals surface area contributed by atoms with Crippen LogP contribution in [0.3, 0.4) is 0 Å². The number of carbonyl (C=O) groups excluding carboxylic acids is 2. The van der Waals surface area contributed by atoms with Gasteiger partial charge in [-0.05, 0) is 53.6 Å². The molecule has 0 aromatic heterocycles. The number of amides is 1. The standard InChI is InChI=1S/C26H22BrFN2O5/c1-33-24-9-5-17(12-25(24)34-2)22-13-21(16-3-7-20(28)8-4-16)29-30(22)26(32)15-35-23-10-6-19(27)11-18(23)14-31/h3-12,14,22H,13,15H2,1-2H3. The largest absolute Gasteiger partial charge is 0.493 e. The molecule has 0 bridgehead atoms. The summed E-state index contributed by atoms with van der Waals surface area (Å²) in [6.07, 6.45) is 1.07. The fourth-order valence-corrected chi connectivity index (χ4v) is 4.20. The highest BCUT2D eigenvalue weighted by molar-refractivity contribution is 9.10. The molecule has 1 aliphatic heterocycles. The van der Waals surface area contributed by atoms with Crippen LogP contribution in [-0.4, -0.2) is 43.7 Å². The number of hydrazone groups is 1. The number of halogens is 2. The van der Waals surface area contributed by atoms with Gasteiger partial charge in [0.05, 0.1) is 31.5 Å². The average Bonchev–Trinajstić information content (AvgIpc) is 3.33. The Bertz CT molecular complexity index is 1280. The van der Waals surface area contributed by atoms with Crippen LogP contribution in [0.4, 0.5) is 4.39 Å². The third-order valence-electron chi connectivity index (χ3n) is 5.59. The SMILES string of the molecule is COc1ccc(C2CC(c3ccc(F)cc3)=NN2C(=O)COc2ccc(Br)cc2C=O)cc1OC. The molecule has 4 rings (SSSR count). The van der Waals surface area contributed by atoms with Crippen LogP contribution in [-0.2, 0) is 4.79 Å². The van der Waals surface area contributed by atoms with Crippen LogP contribution in [0.15, 0.2) is 70.2 Å². The van der Waals surface area contributed by atoms with Crippen molar-refractivity contribution >= 4 is 33.8 Å². The number of benzene rings is 3. The molecule has 3 aromatic carbocycles. The van der Waals surface area contributed by atoms with E-state index in [1.807, 2.05) is 6.07 Å². The summed E-state index contributed by atoms with van der Waals surface area (Å²) in [7, 11) is 3.09. The van der Waals surface area contributed by atoms with Gasteiger partial charge in [0.2, 0.25) is 0 Å². The quantitative estimate of drug-likeness (QED) is 0.368. The first-order chi connectivity index (χ1) is 16.9. The summed E-state index contributed by atoms with van der Waals surface area (Å²) in [6, 6.07) is 15.9. The Morgan fingerprint density at radius 1 is 1.06 bits per heavy atom. The first-order valence-electron chi connectivity index (χ1n) is 10.7. The molecule has 1 unspecified atom stereocenters. The highest BCUT2D eigenvalue weighted by Crippen LogP contribution is 2.37.